The third-order valence-electron chi connectivity index (χ3n) is 6.44. The van der Waals surface area contributed by atoms with Crippen LogP contribution in [0.3, 0.4) is 0 Å². The van der Waals surface area contributed by atoms with Gasteiger partial charge in [0.1, 0.15) is 0 Å². The summed E-state index contributed by atoms with van der Waals surface area (Å²) in [4.78, 5) is 15.6. The molecule has 0 aliphatic heterocycles. The van der Waals surface area contributed by atoms with Crippen molar-refractivity contribution in [1.29, 1.82) is 0 Å². The van der Waals surface area contributed by atoms with Crippen LogP contribution in [0, 0.1) is 0 Å². The molecule has 0 radical (unpaired) electrons. The lowest BCUT2D eigenvalue weighted by Gasteiger charge is -2.15. The summed E-state index contributed by atoms with van der Waals surface area (Å²) in [5.74, 6) is 0. The van der Waals surface area contributed by atoms with E-state index in [1.54, 1.807) is 22.7 Å². The molecule has 0 aliphatic rings. The molecule has 1 nitrogen and oxygen atoms in total. The molecule has 0 spiro atoms. The number of thiophene rings is 3. The number of hydrogen-bond donors (Lipinski definition) is 0. The summed E-state index contributed by atoms with van der Waals surface area (Å²) in [6.45, 7) is 0. The van der Waals surface area contributed by atoms with Gasteiger partial charge in [0.2, 0.25) is 0 Å². The van der Waals surface area contributed by atoms with Crippen molar-refractivity contribution in [2.75, 3.05) is 0 Å². The molecule has 0 bridgehead atoms. The molecule has 3 aromatic heterocycles. The SMILES string of the molecule is O=Cc1ccc(-c2ccc(-c3c(-c4ccccc4)c4c5ccccc5sc4c4ccccc34)s2)s1. The highest BCUT2D eigenvalue weighted by Gasteiger charge is 2.22. The van der Waals surface area contributed by atoms with Crippen LogP contribution in [-0.4, -0.2) is 6.29 Å². The predicted molar refractivity (Wildman–Crippen MR) is 154 cm³/mol. The van der Waals surface area contributed by atoms with Gasteiger partial charge in [0.15, 0.2) is 6.29 Å². The fourth-order valence-electron chi connectivity index (χ4n) is 4.94. The van der Waals surface area contributed by atoms with Crippen LogP contribution in [-0.2, 0) is 0 Å². The number of benzene rings is 4. The van der Waals surface area contributed by atoms with E-state index in [9.17, 15) is 4.79 Å². The first-order chi connectivity index (χ1) is 17.3. The lowest BCUT2D eigenvalue weighted by molar-refractivity contribution is 0.112. The Bertz CT molecular complexity index is 1870. The lowest BCUT2D eigenvalue weighted by Crippen LogP contribution is -1.88. The molecule has 4 heteroatoms. The van der Waals surface area contributed by atoms with Crippen molar-refractivity contribution in [2.24, 2.45) is 0 Å². The van der Waals surface area contributed by atoms with Crippen LogP contribution >= 0.6 is 34.0 Å². The van der Waals surface area contributed by atoms with Gasteiger partial charge in [-0.25, -0.2) is 0 Å². The Hall–Kier alpha value is -3.57. The average Bonchev–Trinajstić information content (AvgIpc) is 3.66. The average molecular weight is 503 g/mol. The number of carbonyl (C=O) groups excluding carboxylic acids is 1. The van der Waals surface area contributed by atoms with Crippen molar-refractivity contribution in [1.82, 2.24) is 0 Å². The maximum Gasteiger partial charge on any atom is 0.160 e. The Morgan fingerprint density at radius 1 is 0.514 bits per heavy atom. The number of fused-ring (bicyclic) bond motifs is 5. The second-order valence-corrected chi connectivity index (χ2v) is 11.7. The monoisotopic (exact) mass is 502 g/mol. The number of hydrogen-bond acceptors (Lipinski definition) is 4. The van der Waals surface area contributed by atoms with Gasteiger partial charge >= 0.3 is 0 Å². The van der Waals surface area contributed by atoms with Gasteiger partial charge in [0.25, 0.3) is 0 Å². The summed E-state index contributed by atoms with van der Waals surface area (Å²) in [5.41, 5.74) is 3.81. The Kier molecular flexibility index (Phi) is 4.91. The fraction of sp³-hybridized carbons (Fsp3) is 0. The van der Waals surface area contributed by atoms with Crippen LogP contribution in [0.1, 0.15) is 9.67 Å². The van der Waals surface area contributed by atoms with E-state index in [0.717, 1.165) is 16.0 Å². The molecule has 3 heterocycles. The van der Waals surface area contributed by atoms with Crippen LogP contribution in [0.15, 0.2) is 103 Å². The molecule has 0 amide bonds. The maximum absolute atomic E-state index is 11.2. The highest BCUT2D eigenvalue weighted by Crippen LogP contribution is 2.51. The van der Waals surface area contributed by atoms with E-state index in [1.807, 2.05) is 17.4 Å². The number of carbonyl (C=O) groups is 1. The van der Waals surface area contributed by atoms with Gasteiger partial charge in [-0.15, -0.1) is 34.0 Å². The van der Waals surface area contributed by atoms with E-state index in [4.69, 9.17) is 0 Å². The molecular weight excluding hydrogens is 485 g/mol. The molecule has 0 atom stereocenters. The highest BCUT2D eigenvalue weighted by molar-refractivity contribution is 7.27. The number of rotatable bonds is 4. The molecule has 166 valence electrons. The summed E-state index contributed by atoms with van der Waals surface area (Å²) in [6.07, 6.45) is 0.930. The fourth-order valence-corrected chi connectivity index (χ4v) is 8.18. The van der Waals surface area contributed by atoms with Crippen molar-refractivity contribution in [2.45, 2.75) is 0 Å². The molecule has 7 aromatic rings. The largest absolute Gasteiger partial charge is 0.297 e. The van der Waals surface area contributed by atoms with E-state index in [2.05, 4.69) is 97.1 Å². The zero-order chi connectivity index (χ0) is 23.4. The van der Waals surface area contributed by atoms with E-state index < -0.39 is 0 Å². The van der Waals surface area contributed by atoms with Crippen molar-refractivity contribution in [3.8, 4) is 31.3 Å². The molecule has 0 N–H and O–H groups in total. The minimum Gasteiger partial charge on any atom is -0.297 e. The number of aldehydes is 1. The maximum atomic E-state index is 11.2. The summed E-state index contributed by atoms with van der Waals surface area (Å²) in [6, 6.07) is 36.7. The first-order valence-corrected chi connectivity index (χ1v) is 13.8. The van der Waals surface area contributed by atoms with E-state index >= 15 is 0 Å². The highest BCUT2D eigenvalue weighted by atomic mass is 32.1. The summed E-state index contributed by atoms with van der Waals surface area (Å²) in [5, 5.41) is 5.22. The second kappa shape index (κ2) is 8.28. The smallest absolute Gasteiger partial charge is 0.160 e. The molecule has 4 aromatic carbocycles. The van der Waals surface area contributed by atoms with Gasteiger partial charge < -0.3 is 0 Å². The van der Waals surface area contributed by atoms with Crippen LogP contribution < -0.4 is 0 Å². The first-order valence-electron chi connectivity index (χ1n) is 11.4. The molecule has 0 saturated carbocycles. The van der Waals surface area contributed by atoms with Crippen LogP contribution in [0.4, 0.5) is 0 Å². The van der Waals surface area contributed by atoms with Gasteiger partial charge in [-0.05, 0) is 41.3 Å². The zero-order valence-electron chi connectivity index (χ0n) is 18.5. The van der Waals surface area contributed by atoms with E-state index in [-0.39, 0.29) is 0 Å². The normalized spacial score (nSPS) is 11.5. The van der Waals surface area contributed by atoms with Gasteiger partial charge in [0.05, 0.1) is 4.88 Å². The van der Waals surface area contributed by atoms with Gasteiger partial charge in [0, 0.05) is 51.3 Å². The van der Waals surface area contributed by atoms with Crippen LogP contribution in [0.2, 0.25) is 0 Å². The van der Waals surface area contributed by atoms with E-state index in [0.29, 0.717) is 0 Å². The molecule has 0 unspecified atom stereocenters. The molecule has 0 aliphatic carbocycles. The quantitative estimate of drug-likeness (QED) is 0.219. The molecule has 35 heavy (non-hydrogen) atoms. The van der Waals surface area contributed by atoms with Gasteiger partial charge in [-0.1, -0.05) is 72.8 Å². The lowest BCUT2D eigenvalue weighted by atomic mass is 9.89. The third kappa shape index (κ3) is 3.29. The molecule has 0 fully saturated rings. The summed E-state index contributed by atoms with van der Waals surface area (Å²) >= 11 is 5.23. The van der Waals surface area contributed by atoms with Crippen molar-refractivity contribution < 1.29 is 4.79 Å². The van der Waals surface area contributed by atoms with Crippen molar-refractivity contribution >= 4 is 71.2 Å². The Balaban J connectivity index is 1.63. The zero-order valence-corrected chi connectivity index (χ0v) is 21.0. The third-order valence-corrected chi connectivity index (χ3v) is 9.95. The Labute approximate surface area is 214 Å². The molecule has 0 saturated heterocycles. The predicted octanol–water partition coefficient (Wildman–Crippen LogP) is 10.1. The first kappa shape index (κ1) is 20.8. The van der Waals surface area contributed by atoms with Crippen LogP contribution in [0.25, 0.3) is 62.3 Å². The Morgan fingerprint density at radius 2 is 1.17 bits per heavy atom. The summed E-state index contributed by atoms with van der Waals surface area (Å²) in [7, 11) is 0. The molecular formula is C31H18OS3. The van der Waals surface area contributed by atoms with Crippen LogP contribution in [0.5, 0.6) is 0 Å². The van der Waals surface area contributed by atoms with Crippen molar-refractivity contribution in [3.63, 3.8) is 0 Å². The standard InChI is InChI=1S/C31H18OS3/c32-18-20-14-15-25(33-20)26-16-17-27(34-26)29-21-10-4-5-11-22(21)31-30(23-12-6-7-13-24(23)35-31)28(29)19-8-2-1-3-9-19/h1-18H. The minimum absolute atomic E-state index is 0.761. The topological polar surface area (TPSA) is 17.1 Å². The van der Waals surface area contributed by atoms with Gasteiger partial charge in [-0.3, -0.25) is 4.79 Å². The second-order valence-electron chi connectivity index (χ2n) is 8.45. The molecule has 7 rings (SSSR count). The van der Waals surface area contributed by atoms with E-state index in [1.165, 1.54) is 57.4 Å². The summed E-state index contributed by atoms with van der Waals surface area (Å²) < 4.78 is 2.66. The Morgan fingerprint density at radius 3 is 1.97 bits per heavy atom. The van der Waals surface area contributed by atoms with Gasteiger partial charge in [-0.2, -0.15) is 0 Å². The van der Waals surface area contributed by atoms with Crippen molar-refractivity contribution in [3.05, 3.63) is 108 Å². The minimum atomic E-state index is 0.761.